The highest BCUT2D eigenvalue weighted by molar-refractivity contribution is 7.89. The number of fused-ring (bicyclic) bond motifs is 2. The SMILES string of the molecule is C=CC(=O)NC1CC2CCN(S(=O)(=O)c3ccc(C(=O)NCc4ccc5c(c4)CCCO5)cc3)CC2O1. The molecule has 10 heteroatoms. The van der Waals surface area contributed by atoms with Gasteiger partial charge >= 0.3 is 0 Å². The van der Waals surface area contributed by atoms with E-state index in [1.54, 1.807) is 0 Å². The third-order valence-corrected chi connectivity index (χ3v) is 9.06. The summed E-state index contributed by atoms with van der Waals surface area (Å²) in [4.78, 5) is 24.4. The number of piperidine rings is 1. The van der Waals surface area contributed by atoms with Crippen molar-refractivity contribution in [2.24, 2.45) is 5.92 Å². The molecule has 2 N–H and O–H groups in total. The van der Waals surface area contributed by atoms with Crippen molar-refractivity contribution in [1.82, 2.24) is 14.9 Å². The molecule has 9 nitrogen and oxygen atoms in total. The molecule has 2 fully saturated rings. The second kappa shape index (κ2) is 10.6. The van der Waals surface area contributed by atoms with E-state index in [0.29, 0.717) is 31.5 Å². The quantitative estimate of drug-likeness (QED) is 0.537. The number of hydrogen-bond donors (Lipinski definition) is 2. The number of benzene rings is 2. The summed E-state index contributed by atoms with van der Waals surface area (Å²) in [6.07, 6.45) is 3.73. The largest absolute Gasteiger partial charge is 0.493 e. The Morgan fingerprint density at radius 3 is 2.76 bits per heavy atom. The van der Waals surface area contributed by atoms with Crippen molar-refractivity contribution in [3.63, 3.8) is 0 Å². The smallest absolute Gasteiger partial charge is 0.251 e. The number of hydrogen-bond acceptors (Lipinski definition) is 6. The van der Waals surface area contributed by atoms with Crippen LogP contribution in [0.15, 0.2) is 60.0 Å². The Bertz CT molecular complexity index is 1290. The Morgan fingerprint density at radius 2 is 1.97 bits per heavy atom. The summed E-state index contributed by atoms with van der Waals surface area (Å²) in [5.41, 5.74) is 2.52. The highest BCUT2D eigenvalue weighted by atomic mass is 32.2. The Balaban J connectivity index is 1.18. The molecule has 3 atom stereocenters. The van der Waals surface area contributed by atoms with Crippen molar-refractivity contribution in [3.05, 3.63) is 71.8 Å². The summed E-state index contributed by atoms with van der Waals surface area (Å²) in [5.74, 6) is 0.511. The van der Waals surface area contributed by atoms with Gasteiger partial charge in [-0.1, -0.05) is 18.7 Å². The molecule has 2 saturated heterocycles. The van der Waals surface area contributed by atoms with Gasteiger partial charge in [0.1, 0.15) is 12.0 Å². The number of aryl methyl sites for hydroxylation is 1. The van der Waals surface area contributed by atoms with Gasteiger partial charge in [-0.3, -0.25) is 9.59 Å². The number of ether oxygens (including phenoxy) is 2. The van der Waals surface area contributed by atoms with Crippen LogP contribution in [-0.2, 0) is 32.5 Å². The van der Waals surface area contributed by atoms with E-state index in [9.17, 15) is 18.0 Å². The zero-order valence-electron chi connectivity index (χ0n) is 20.5. The van der Waals surface area contributed by atoms with E-state index in [4.69, 9.17) is 9.47 Å². The van der Waals surface area contributed by atoms with Crippen molar-refractivity contribution in [3.8, 4) is 5.75 Å². The average Bonchev–Trinajstić information content (AvgIpc) is 3.33. The van der Waals surface area contributed by atoms with Gasteiger partial charge in [0.25, 0.3) is 5.91 Å². The van der Waals surface area contributed by atoms with E-state index < -0.39 is 16.3 Å². The van der Waals surface area contributed by atoms with Gasteiger partial charge in [0.05, 0.1) is 17.6 Å². The maximum atomic E-state index is 13.3. The van der Waals surface area contributed by atoms with Gasteiger partial charge in [-0.05, 0) is 79.1 Å². The molecular weight excluding hydrogens is 494 g/mol. The van der Waals surface area contributed by atoms with Crippen LogP contribution in [0.3, 0.4) is 0 Å². The number of carbonyl (C=O) groups excluding carboxylic acids is 2. The fourth-order valence-corrected chi connectivity index (χ4v) is 6.63. The topological polar surface area (TPSA) is 114 Å². The van der Waals surface area contributed by atoms with Crippen LogP contribution in [0, 0.1) is 5.92 Å². The van der Waals surface area contributed by atoms with Crippen LogP contribution in [-0.4, -0.2) is 56.6 Å². The van der Waals surface area contributed by atoms with Crippen molar-refractivity contribution in [1.29, 1.82) is 0 Å². The number of nitrogens with one attached hydrogen (secondary N) is 2. The summed E-state index contributed by atoms with van der Waals surface area (Å²) >= 11 is 0. The maximum absolute atomic E-state index is 13.3. The van der Waals surface area contributed by atoms with Crippen LogP contribution in [0.2, 0.25) is 0 Å². The lowest BCUT2D eigenvalue weighted by molar-refractivity contribution is -0.120. The van der Waals surface area contributed by atoms with Crippen molar-refractivity contribution < 1.29 is 27.5 Å². The third-order valence-electron chi connectivity index (χ3n) is 7.18. The van der Waals surface area contributed by atoms with Gasteiger partial charge in [-0.2, -0.15) is 4.31 Å². The molecule has 0 saturated carbocycles. The second-order valence-corrected chi connectivity index (χ2v) is 11.6. The van der Waals surface area contributed by atoms with Gasteiger partial charge < -0.3 is 20.1 Å². The first-order valence-electron chi connectivity index (χ1n) is 12.5. The lowest BCUT2D eigenvalue weighted by atomic mass is 9.94. The highest BCUT2D eigenvalue weighted by Gasteiger charge is 2.42. The Morgan fingerprint density at radius 1 is 1.16 bits per heavy atom. The molecule has 0 spiro atoms. The van der Waals surface area contributed by atoms with Gasteiger partial charge in [0, 0.05) is 25.2 Å². The minimum Gasteiger partial charge on any atom is -0.493 e. The first-order chi connectivity index (χ1) is 17.8. The highest BCUT2D eigenvalue weighted by Crippen LogP contribution is 2.34. The monoisotopic (exact) mass is 525 g/mol. The van der Waals surface area contributed by atoms with E-state index in [-0.39, 0.29) is 35.3 Å². The van der Waals surface area contributed by atoms with Crippen LogP contribution < -0.4 is 15.4 Å². The number of rotatable bonds is 7. The molecule has 0 aliphatic carbocycles. The summed E-state index contributed by atoms with van der Waals surface area (Å²) in [6, 6.07) is 11.9. The van der Waals surface area contributed by atoms with Crippen molar-refractivity contribution in [2.75, 3.05) is 19.7 Å². The van der Waals surface area contributed by atoms with Crippen LogP contribution in [0.4, 0.5) is 0 Å². The molecule has 2 aromatic carbocycles. The molecule has 3 aliphatic rings. The van der Waals surface area contributed by atoms with Crippen molar-refractivity contribution >= 4 is 21.8 Å². The van der Waals surface area contributed by atoms with Gasteiger partial charge in [0.15, 0.2) is 0 Å². The minimum absolute atomic E-state index is 0.131. The number of sulfonamides is 1. The first kappa shape index (κ1) is 25.4. The number of carbonyl (C=O) groups is 2. The van der Waals surface area contributed by atoms with E-state index in [2.05, 4.69) is 23.3 Å². The normalized spacial score (nSPS) is 23.3. The molecule has 37 heavy (non-hydrogen) atoms. The van der Waals surface area contributed by atoms with E-state index in [1.807, 2.05) is 12.1 Å². The molecule has 0 aromatic heterocycles. The molecule has 3 unspecified atom stereocenters. The molecule has 0 bridgehead atoms. The van der Waals surface area contributed by atoms with Gasteiger partial charge in [-0.25, -0.2) is 8.42 Å². The van der Waals surface area contributed by atoms with E-state index in [1.165, 1.54) is 34.6 Å². The summed E-state index contributed by atoms with van der Waals surface area (Å²) in [6.45, 7) is 5.15. The molecule has 2 amide bonds. The Labute approximate surface area is 216 Å². The summed E-state index contributed by atoms with van der Waals surface area (Å²) < 4.78 is 39.5. The van der Waals surface area contributed by atoms with Crippen LogP contribution >= 0.6 is 0 Å². The van der Waals surface area contributed by atoms with E-state index >= 15 is 0 Å². The van der Waals surface area contributed by atoms with Crippen LogP contribution in [0.5, 0.6) is 5.75 Å². The molecule has 196 valence electrons. The number of nitrogens with zero attached hydrogens (tertiary/aromatic N) is 1. The molecule has 3 heterocycles. The standard InChI is InChI=1S/C27H31N3O6S/c1-2-25(31)29-26-15-21-11-12-30(17-24(21)36-26)37(33,34)22-8-6-19(7-9-22)27(32)28-16-18-5-10-23-20(14-18)4-3-13-35-23/h2,5-10,14,21,24,26H,1,3-4,11-13,15-17H2,(H,28,32)(H,29,31). The minimum atomic E-state index is -3.75. The first-order valence-corrected chi connectivity index (χ1v) is 14.0. The summed E-state index contributed by atoms with van der Waals surface area (Å²) in [7, 11) is -3.75. The molecule has 3 aliphatic heterocycles. The molecule has 2 aromatic rings. The molecule has 0 radical (unpaired) electrons. The fraction of sp³-hybridized carbons (Fsp3) is 0.407. The lowest BCUT2D eigenvalue weighted by Gasteiger charge is -2.33. The number of amides is 2. The molecular formula is C27H31N3O6S. The Hall–Kier alpha value is -3.21. The third kappa shape index (κ3) is 5.56. The van der Waals surface area contributed by atoms with Gasteiger partial charge in [0.2, 0.25) is 15.9 Å². The Kier molecular flexibility index (Phi) is 7.32. The predicted molar refractivity (Wildman–Crippen MR) is 136 cm³/mol. The average molecular weight is 526 g/mol. The zero-order valence-corrected chi connectivity index (χ0v) is 21.3. The second-order valence-electron chi connectivity index (χ2n) is 9.62. The summed E-state index contributed by atoms with van der Waals surface area (Å²) in [5, 5.41) is 5.63. The van der Waals surface area contributed by atoms with Crippen LogP contribution in [0.25, 0.3) is 0 Å². The van der Waals surface area contributed by atoms with Crippen molar-refractivity contribution in [2.45, 2.75) is 49.5 Å². The maximum Gasteiger partial charge on any atom is 0.251 e. The molecule has 5 rings (SSSR count). The predicted octanol–water partition coefficient (Wildman–Crippen LogP) is 2.37. The van der Waals surface area contributed by atoms with Crippen LogP contribution in [0.1, 0.15) is 40.7 Å². The fourth-order valence-electron chi connectivity index (χ4n) is 5.17. The lowest BCUT2D eigenvalue weighted by Crippen LogP contribution is -2.45. The zero-order chi connectivity index (χ0) is 26.0. The van der Waals surface area contributed by atoms with E-state index in [0.717, 1.165) is 36.3 Å². The van der Waals surface area contributed by atoms with Gasteiger partial charge in [-0.15, -0.1) is 0 Å².